The monoisotopic (exact) mass is 421 g/mol. The van der Waals surface area contributed by atoms with Crippen LogP contribution in [0.25, 0.3) is 17.0 Å². The molecule has 2 atom stereocenters. The third-order valence-corrected chi connectivity index (χ3v) is 4.97. The lowest BCUT2D eigenvalue weighted by atomic mass is 10.1. The van der Waals surface area contributed by atoms with E-state index in [9.17, 15) is 9.59 Å². The fourth-order valence-corrected chi connectivity index (χ4v) is 3.47. The van der Waals surface area contributed by atoms with Gasteiger partial charge in [0.05, 0.1) is 11.9 Å². The van der Waals surface area contributed by atoms with Crippen molar-refractivity contribution in [2.75, 3.05) is 5.32 Å². The van der Waals surface area contributed by atoms with Gasteiger partial charge in [-0.15, -0.1) is 0 Å². The zero-order chi connectivity index (χ0) is 21.7. The molecule has 1 aliphatic rings. The van der Waals surface area contributed by atoms with Crippen molar-refractivity contribution >= 4 is 22.8 Å². The van der Waals surface area contributed by atoms with Crippen LogP contribution in [0.1, 0.15) is 12.6 Å². The molecular weight excluding hydrogens is 402 g/mol. The van der Waals surface area contributed by atoms with Crippen LogP contribution in [0.4, 0.5) is 5.82 Å². The molecule has 2 unspecified atom stereocenters. The molecule has 3 aromatic heterocycles. The number of nitrogens with one attached hydrogen (secondary N) is 2. The van der Waals surface area contributed by atoms with Gasteiger partial charge >= 0.3 is 0 Å². The van der Waals surface area contributed by atoms with E-state index in [1.165, 1.54) is 15.6 Å². The van der Waals surface area contributed by atoms with Crippen molar-refractivity contribution < 1.29 is 14.3 Å². The predicted molar refractivity (Wildman–Crippen MR) is 111 cm³/mol. The predicted octanol–water partition coefficient (Wildman–Crippen LogP) is 1.32. The van der Waals surface area contributed by atoms with Crippen LogP contribution in [0.5, 0.6) is 11.5 Å². The maximum Gasteiger partial charge on any atom is 0.270 e. The minimum absolute atomic E-state index is 0.156. The second-order valence-electron chi connectivity index (χ2n) is 7.28. The van der Waals surface area contributed by atoms with Crippen molar-refractivity contribution in [3.63, 3.8) is 0 Å². The first-order valence-electron chi connectivity index (χ1n) is 9.63. The lowest BCUT2D eigenvalue weighted by molar-refractivity contribution is -0.128. The van der Waals surface area contributed by atoms with E-state index in [0.717, 1.165) is 0 Å². The summed E-state index contributed by atoms with van der Waals surface area (Å²) in [5.41, 5.74) is 0.674. The summed E-state index contributed by atoms with van der Waals surface area (Å²) in [7, 11) is 1.69. The molecule has 31 heavy (non-hydrogen) atoms. The smallest absolute Gasteiger partial charge is 0.270 e. The normalized spacial score (nSPS) is 17.6. The number of amides is 1. The van der Waals surface area contributed by atoms with E-state index < -0.39 is 18.1 Å². The number of aromatic amines is 1. The van der Waals surface area contributed by atoms with Crippen LogP contribution >= 0.6 is 0 Å². The zero-order valence-corrected chi connectivity index (χ0v) is 17.0. The molecule has 11 heteroatoms. The molecule has 2 N–H and O–H groups in total. The van der Waals surface area contributed by atoms with Crippen LogP contribution in [-0.4, -0.2) is 47.6 Å². The number of benzene rings is 1. The van der Waals surface area contributed by atoms with Gasteiger partial charge in [-0.1, -0.05) is 12.1 Å². The van der Waals surface area contributed by atoms with E-state index in [-0.39, 0.29) is 11.5 Å². The highest BCUT2D eigenvalue weighted by atomic mass is 16.6. The molecule has 11 nitrogen and oxygen atoms in total. The van der Waals surface area contributed by atoms with Gasteiger partial charge < -0.3 is 14.8 Å². The summed E-state index contributed by atoms with van der Waals surface area (Å²) in [5.74, 6) is 1.17. The van der Waals surface area contributed by atoms with E-state index >= 15 is 0 Å². The number of rotatable bonds is 3. The Morgan fingerprint density at radius 1 is 1.23 bits per heavy atom. The SMILES string of the molecule is Cc1cc(NC(=O)C2Oc3ccccc3OC2C)n(-c2nc3c(cnn3C)c(=O)[nH]2)n1. The maximum absolute atomic E-state index is 13.0. The molecule has 0 bridgehead atoms. The Kier molecular flexibility index (Phi) is 4.24. The average Bonchev–Trinajstić information content (AvgIpc) is 3.30. The second kappa shape index (κ2) is 6.97. The number of hydrogen-bond acceptors (Lipinski definition) is 7. The number of ether oxygens (including phenoxy) is 2. The van der Waals surface area contributed by atoms with Crippen molar-refractivity contribution in [3.05, 3.63) is 52.6 Å². The Labute approximate surface area is 175 Å². The van der Waals surface area contributed by atoms with Crippen LogP contribution in [0.3, 0.4) is 0 Å². The zero-order valence-electron chi connectivity index (χ0n) is 17.0. The summed E-state index contributed by atoms with van der Waals surface area (Å²) in [5, 5.41) is 11.6. The Hall–Kier alpha value is -4.15. The Morgan fingerprint density at radius 2 is 1.97 bits per heavy atom. The summed E-state index contributed by atoms with van der Waals surface area (Å²) in [6, 6.07) is 8.85. The number of carbonyl (C=O) groups excluding carboxylic acids is 1. The van der Waals surface area contributed by atoms with E-state index in [2.05, 4.69) is 25.5 Å². The van der Waals surface area contributed by atoms with Crippen LogP contribution in [0.15, 0.2) is 41.3 Å². The van der Waals surface area contributed by atoms with Gasteiger partial charge in [-0.25, -0.2) is 0 Å². The van der Waals surface area contributed by atoms with Crippen LogP contribution < -0.4 is 20.3 Å². The number of aryl methyl sites for hydroxylation is 2. The largest absolute Gasteiger partial charge is 0.482 e. The van der Waals surface area contributed by atoms with Gasteiger partial charge in [0.2, 0.25) is 12.1 Å². The first-order chi connectivity index (χ1) is 14.9. The van der Waals surface area contributed by atoms with Crippen LogP contribution in [0.2, 0.25) is 0 Å². The fourth-order valence-electron chi connectivity index (χ4n) is 3.47. The molecule has 1 amide bonds. The molecule has 0 saturated carbocycles. The minimum Gasteiger partial charge on any atom is -0.482 e. The summed E-state index contributed by atoms with van der Waals surface area (Å²) in [4.78, 5) is 32.6. The first kappa shape index (κ1) is 18.9. The summed E-state index contributed by atoms with van der Waals surface area (Å²) < 4.78 is 14.5. The van der Waals surface area contributed by atoms with Crippen molar-refractivity contribution in [1.29, 1.82) is 0 Å². The molecule has 158 valence electrons. The Bertz CT molecular complexity index is 1370. The molecule has 0 radical (unpaired) electrons. The van der Waals surface area contributed by atoms with Crippen molar-refractivity contribution in [2.45, 2.75) is 26.1 Å². The Balaban J connectivity index is 1.47. The first-order valence-corrected chi connectivity index (χ1v) is 9.63. The highest BCUT2D eigenvalue weighted by molar-refractivity contribution is 5.94. The molecule has 4 aromatic rings. The van der Waals surface area contributed by atoms with Gasteiger partial charge in [0, 0.05) is 13.1 Å². The van der Waals surface area contributed by atoms with Gasteiger partial charge in [0.15, 0.2) is 17.1 Å². The highest BCUT2D eigenvalue weighted by Crippen LogP contribution is 2.33. The molecule has 1 aromatic carbocycles. The number of anilines is 1. The van der Waals surface area contributed by atoms with Gasteiger partial charge in [0.25, 0.3) is 11.5 Å². The third-order valence-electron chi connectivity index (χ3n) is 4.97. The number of H-pyrrole nitrogens is 1. The third kappa shape index (κ3) is 3.19. The molecule has 5 rings (SSSR count). The number of fused-ring (bicyclic) bond motifs is 2. The second-order valence-corrected chi connectivity index (χ2v) is 7.28. The molecular formula is C20H19N7O4. The van der Waals surface area contributed by atoms with Crippen molar-refractivity contribution in [1.82, 2.24) is 29.5 Å². The van der Waals surface area contributed by atoms with E-state index in [0.29, 0.717) is 34.0 Å². The number of nitrogens with zero attached hydrogens (tertiary/aromatic N) is 5. The Morgan fingerprint density at radius 3 is 2.74 bits per heavy atom. The standard InChI is InChI=1S/C20H19N7O4/c1-10-8-15(22-19(29)16-11(2)30-13-6-4-5-7-14(13)31-16)27(25-10)20-23-17-12(18(28)24-20)9-21-26(17)3/h4-9,11,16H,1-3H3,(H,22,29)(H,23,24,28). The van der Waals surface area contributed by atoms with Gasteiger partial charge in [-0.2, -0.15) is 19.9 Å². The minimum atomic E-state index is -0.870. The quantitative estimate of drug-likeness (QED) is 0.510. The van der Waals surface area contributed by atoms with E-state index in [4.69, 9.17) is 9.47 Å². The number of para-hydroxylation sites is 2. The van der Waals surface area contributed by atoms with E-state index in [1.54, 1.807) is 39.1 Å². The summed E-state index contributed by atoms with van der Waals surface area (Å²) in [6.07, 6.45) is 0.0722. The fraction of sp³-hybridized carbons (Fsp3) is 0.250. The highest BCUT2D eigenvalue weighted by Gasteiger charge is 2.34. The summed E-state index contributed by atoms with van der Waals surface area (Å²) >= 11 is 0. The molecule has 1 aliphatic heterocycles. The average molecular weight is 421 g/mol. The maximum atomic E-state index is 13.0. The molecule has 0 saturated heterocycles. The van der Waals surface area contributed by atoms with Gasteiger partial charge in [0.1, 0.15) is 17.3 Å². The van der Waals surface area contributed by atoms with Crippen LogP contribution in [0, 0.1) is 6.92 Å². The molecule has 0 spiro atoms. The van der Waals surface area contributed by atoms with E-state index in [1.807, 2.05) is 12.1 Å². The number of hydrogen-bond donors (Lipinski definition) is 2. The van der Waals surface area contributed by atoms with Gasteiger partial charge in [-0.05, 0) is 26.0 Å². The molecule has 0 fully saturated rings. The number of carbonyl (C=O) groups is 1. The number of aromatic nitrogens is 6. The lowest BCUT2D eigenvalue weighted by Gasteiger charge is -2.30. The molecule has 4 heterocycles. The summed E-state index contributed by atoms with van der Waals surface area (Å²) in [6.45, 7) is 3.53. The van der Waals surface area contributed by atoms with Gasteiger partial charge in [-0.3, -0.25) is 19.3 Å². The van der Waals surface area contributed by atoms with Crippen molar-refractivity contribution in [2.24, 2.45) is 7.05 Å². The molecule has 0 aliphatic carbocycles. The lowest BCUT2D eigenvalue weighted by Crippen LogP contribution is -2.46. The topological polar surface area (TPSA) is 129 Å². The van der Waals surface area contributed by atoms with Crippen molar-refractivity contribution in [3.8, 4) is 17.4 Å². The van der Waals surface area contributed by atoms with Crippen LogP contribution in [-0.2, 0) is 11.8 Å².